The summed E-state index contributed by atoms with van der Waals surface area (Å²) in [5.74, 6) is 0.579. The van der Waals surface area contributed by atoms with E-state index in [1.807, 2.05) is 24.3 Å². The largest absolute Gasteiger partial charge is 0.326 e. The van der Waals surface area contributed by atoms with Gasteiger partial charge >= 0.3 is 0 Å². The van der Waals surface area contributed by atoms with E-state index in [0.717, 1.165) is 12.0 Å². The first-order chi connectivity index (χ1) is 8.24. The Kier molecular flexibility index (Phi) is 3.35. The molecule has 3 N–H and O–H groups in total. The Labute approximate surface area is 99.5 Å². The van der Waals surface area contributed by atoms with Crippen molar-refractivity contribution in [1.82, 2.24) is 9.97 Å². The van der Waals surface area contributed by atoms with Crippen LogP contribution in [0.1, 0.15) is 18.1 Å². The van der Waals surface area contributed by atoms with Crippen LogP contribution in [0.4, 0.5) is 0 Å². The van der Waals surface area contributed by atoms with E-state index in [1.165, 1.54) is 11.8 Å². The van der Waals surface area contributed by atoms with E-state index in [0.29, 0.717) is 11.4 Å². The van der Waals surface area contributed by atoms with Crippen LogP contribution in [0.15, 0.2) is 35.3 Å². The van der Waals surface area contributed by atoms with Gasteiger partial charge in [0.2, 0.25) is 0 Å². The van der Waals surface area contributed by atoms with Gasteiger partial charge in [0.05, 0.1) is 0 Å². The summed E-state index contributed by atoms with van der Waals surface area (Å²) in [7, 11) is 0. The minimum Gasteiger partial charge on any atom is -0.326 e. The summed E-state index contributed by atoms with van der Waals surface area (Å²) in [6.07, 6.45) is 2.53. The Morgan fingerprint density at radius 1 is 1.29 bits per heavy atom. The van der Waals surface area contributed by atoms with Gasteiger partial charge in [0.1, 0.15) is 5.82 Å². The molecule has 0 radical (unpaired) electrons. The van der Waals surface area contributed by atoms with Crippen LogP contribution >= 0.6 is 0 Å². The van der Waals surface area contributed by atoms with Crippen molar-refractivity contribution in [3.63, 3.8) is 0 Å². The van der Waals surface area contributed by atoms with Gasteiger partial charge in [-0.3, -0.25) is 4.79 Å². The van der Waals surface area contributed by atoms with Gasteiger partial charge in [-0.15, -0.1) is 0 Å². The number of benzene rings is 1. The first kappa shape index (κ1) is 11.5. The van der Waals surface area contributed by atoms with Crippen molar-refractivity contribution in [3.8, 4) is 11.4 Å². The minimum atomic E-state index is -0.169. The quantitative estimate of drug-likeness (QED) is 0.837. The molecular weight excluding hydrogens is 214 g/mol. The van der Waals surface area contributed by atoms with Gasteiger partial charge in [0.25, 0.3) is 5.56 Å². The zero-order chi connectivity index (χ0) is 12.3. The molecule has 0 bridgehead atoms. The number of nitrogens with one attached hydrogen (secondary N) is 1. The molecule has 0 saturated carbocycles. The minimum absolute atomic E-state index is 0.169. The van der Waals surface area contributed by atoms with E-state index >= 15 is 0 Å². The number of rotatable bonds is 3. The second kappa shape index (κ2) is 4.93. The highest BCUT2D eigenvalue weighted by Crippen LogP contribution is 2.14. The maximum atomic E-state index is 11.6. The van der Waals surface area contributed by atoms with Crippen LogP contribution in [-0.2, 0) is 13.0 Å². The number of nitrogens with two attached hydrogens (primary N) is 1. The molecule has 4 heteroatoms. The summed E-state index contributed by atoms with van der Waals surface area (Å²) >= 11 is 0. The molecular formula is C13H15N3O. The smallest absolute Gasteiger partial charge is 0.255 e. The molecule has 2 aromatic rings. The van der Waals surface area contributed by atoms with Crippen LogP contribution in [0.3, 0.4) is 0 Å². The Morgan fingerprint density at radius 2 is 2.00 bits per heavy atom. The molecule has 4 nitrogen and oxygen atoms in total. The number of H-pyrrole nitrogens is 1. The van der Waals surface area contributed by atoms with E-state index < -0.39 is 0 Å². The van der Waals surface area contributed by atoms with Crippen molar-refractivity contribution < 1.29 is 0 Å². The molecule has 0 unspecified atom stereocenters. The van der Waals surface area contributed by atoms with Crippen molar-refractivity contribution in [2.24, 2.45) is 5.73 Å². The highest BCUT2D eigenvalue weighted by atomic mass is 16.1. The lowest BCUT2D eigenvalue weighted by atomic mass is 10.1. The SMILES string of the molecule is CCc1ccc(-c2ncc(CN)c(=O)[nH]2)cc1. The molecule has 1 aromatic carbocycles. The van der Waals surface area contributed by atoms with Crippen LogP contribution in [0.25, 0.3) is 11.4 Å². The second-order valence-electron chi connectivity index (χ2n) is 3.84. The summed E-state index contributed by atoms with van der Waals surface area (Å²) in [5.41, 5.74) is 7.91. The van der Waals surface area contributed by atoms with Gasteiger partial charge in [0, 0.05) is 23.9 Å². The number of hydrogen-bond donors (Lipinski definition) is 2. The lowest BCUT2D eigenvalue weighted by Gasteiger charge is -2.03. The van der Waals surface area contributed by atoms with Crippen molar-refractivity contribution in [2.45, 2.75) is 19.9 Å². The van der Waals surface area contributed by atoms with Crippen molar-refractivity contribution in [2.75, 3.05) is 0 Å². The second-order valence-corrected chi connectivity index (χ2v) is 3.84. The number of nitrogens with zero attached hydrogens (tertiary/aromatic N) is 1. The standard InChI is InChI=1S/C13H15N3O/c1-2-9-3-5-10(6-4-9)12-15-8-11(7-14)13(17)16-12/h3-6,8H,2,7,14H2,1H3,(H,15,16,17). The first-order valence-corrected chi connectivity index (χ1v) is 5.62. The summed E-state index contributed by atoms with van der Waals surface area (Å²) < 4.78 is 0. The maximum absolute atomic E-state index is 11.6. The van der Waals surface area contributed by atoms with Crippen LogP contribution in [-0.4, -0.2) is 9.97 Å². The first-order valence-electron chi connectivity index (χ1n) is 5.62. The molecule has 0 aliphatic carbocycles. The molecule has 0 atom stereocenters. The number of aromatic amines is 1. The lowest BCUT2D eigenvalue weighted by molar-refractivity contribution is 0.979. The Balaban J connectivity index is 2.39. The van der Waals surface area contributed by atoms with Crippen LogP contribution < -0.4 is 11.3 Å². The maximum Gasteiger partial charge on any atom is 0.255 e. The van der Waals surface area contributed by atoms with E-state index in [4.69, 9.17) is 5.73 Å². The molecule has 88 valence electrons. The fraction of sp³-hybridized carbons (Fsp3) is 0.231. The molecule has 2 rings (SSSR count). The van der Waals surface area contributed by atoms with E-state index in [-0.39, 0.29) is 12.1 Å². The van der Waals surface area contributed by atoms with Crippen LogP contribution in [0.2, 0.25) is 0 Å². The van der Waals surface area contributed by atoms with Gasteiger partial charge in [-0.05, 0) is 12.0 Å². The predicted molar refractivity (Wildman–Crippen MR) is 67.6 cm³/mol. The summed E-state index contributed by atoms with van der Waals surface area (Å²) in [5, 5.41) is 0. The molecule has 0 aliphatic rings. The Bertz CT molecular complexity index is 558. The van der Waals surface area contributed by atoms with E-state index in [2.05, 4.69) is 16.9 Å². The van der Waals surface area contributed by atoms with Gasteiger partial charge in [0.15, 0.2) is 0 Å². The van der Waals surface area contributed by atoms with Gasteiger partial charge in [-0.2, -0.15) is 0 Å². The lowest BCUT2D eigenvalue weighted by Crippen LogP contribution is -2.17. The number of hydrogen-bond acceptors (Lipinski definition) is 3. The zero-order valence-electron chi connectivity index (χ0n) is 9.73. The predicted octanol–water partition coefficient (Wildman–Crippen LogP) is 1.46. The van der Waals surface area contributed by atoms with E-state index in [1.54, 1.807) is 0 Å². The third kappa shape index (κ3) is 2.42. The van der Waals surface area contributed by atoms with Crippen molar-refractivity contribution in [1.29, 1.82) is 0 Å². The average Bonchev–Trinajstić information content (AvgIpc) is 2.39. The summed E-state index contributed by atoms with van der Waals surface area (Å²) in [6, 6.07) is 7.98. The topological polar surface area (TPSA) is 71.8 Å². The summed E-state index contributed by atoms with van der Waals surface area (Å²) in [4.78, 5) is 18.5. The average molecular weight is 229 g/mol. The van der Waals surface area contributed by atoms with Crippen molar-refractivity contribution >= 4 is 0 Å². The van der Waals surface area contributed by atoms with Gasteiger partial charge in [-0.25, -0.2) is 4.98 Å². The molecule has 1 heterocycles. The molecule has 0 amide bonds. The fourth-order valence-electron chi connectivity index (χ4n) is 1.61. The molecule has 0 saturated heterocycles. The van der Waals surface area contributed by atoms with Crippen LogP contribution in [0.5, 0.6) is 0 Å². The molecule has 0 fully saturated rings. The zero-order valence-corrected chi connectivity index (χ0v) is 9.73. The summed E-state index contributed by atoms with van der Waals surface area (Å²) in [6.45, 7) is 2.31. The van der Waals surface area contributed by atoms with E-state index in [9.17, 15) is 4.79 Å². The number of aromatic nitrogens is 2. The van der Waals surface area contributed by atoms with Crippen LogP contribution in [0, 0.1) is 0 Å². The van der Waals surface area contributed by atoms with Gasteiger partial charge < -0.3 is 10.7 Å². The molecule has 1 aromatic heterocycles. The molecule has 0 spiro atoms. The normalized spacial score (nSPS) is 10.5. The molecule has 17 heavy (non-hydrogen) atoms. The Hall–Kier alpha value is -1.94. The van der Waals surface area contributed by atoms with Crippen molar-refractivity contribution in [3.05, 3.63) is 51.9 Å². The molecule has 0 aliphatic heterocycles. The number of aryl methyl sites for hydroxylation is 1. The highest BCUT2D eigenvalue weighted by molar-refractivity contribution is 5.55. The third-order valence-electron chi connectivity index (χ3n) is 2.73. The van der Waals surface area contributed by atoms with Gasteiger partial charge in [-0.1, -0.05) is 31.2 Å². The monoisotopic (exact) mass is 229 g/mol. The highest BCUT2D eigenvalue weighted by Gasteiger charge is 2.03. The Morgan fingerprint density at radius 3 is 2.53 bits per heavy atom. The third-order valence-corrected chi connectivity index (χ3v) is 2.73. The fourth-order valence-corrected chi connectivity index (χ4v) is 1.61.